The number of ketones is 1. The van der Waals surface area contributed by atoms with Crippen LogP contribution in [0.4, 0.5) is 5.69 Å². The molecule has 2 aromatic carbocycles. The number of Topliss-reactive ketones (excluding diaryl/α,β-unsaturated/α-hetero) is 1. The summed E-state index contributed by atoms with van der Waals surface area (Å²) in [5.74, 6) is -0.706. The Morgan fingerprint density at radius 3 is 2.46 bits per heavy atom. The van der Waals surface area contributed by atoms with Gasteiger partial charge in [0.2, 0.25) is 11.6 Å². The number of ether oxygens (including phenoxy) is 1. The molecule has 35 heavy (non-hydrogen) atoms. The van der Waals surface area contributed by atoms with Crippen LogP contribution in [0.2, 0.25) is 0 Å². The van der Waals surface area contributed by atoms with Gasteiger partial charge in [0.25, 0.3) is 11.6 Å². The van der Waals surface area contributed by atoms with Crippen LogP contribution in [0.15, 0.2) is 53.1 Å². The number of carbonyl (C=O) groups excluding carboxylic acids is 3. The summed E-state index contributed by atoms with van der Waals surface area (Å²) in [7, 11) is 1.56. The molecule has 3 aromatic rings. The topological polar surface area (TPSA) is 120 Å². The van der Waals surface area contributed by atoms with Crippen LogP contribution in [-0.2, 0) is 16.1 Å². The van der Waals surface area contributed by atoms with E-state index in [0.29, 0.717) is 22.7 Å². The lowest BCUT2D eigenvalue weighted by Gasteiger charge is -2.26. The van der Waals surface area contributed by atoms with Crippen LogP contribution in [0.3, 0.4) is 0 Å². The van der Waals surface area contributed by atoms with Gasteiger partial charge in [-0.25, -0.2) is 4.90 Å². The van der Waals surface area contributed by atoms with E-state index < -0.39 is 12.0 Å². The van der Waals surface area contributed by atoms with Crippen molar-refractivity contribution in [1.82, 2.24) is 10.2 Å². The quantitative estimate of drug-likeness (QED) is 0.273. The summed E-state index contributed by atoms with van der Waals surface area (Å²) in [4.78, 5) is 40.9. The molecule has 1 saturated carbocycles. The maximum atomic E-state index is 13.4. The molecule has 2 amide bonds. The number of benzene rings is 2. The van der Waals surface area contributed by atoms with Gasteiger partial charge in [-0.15, -0.1) is 0 Å². The zero-order valence-electron chi connectivity index (χ0n) is 19.3. The highest BCUT2D eigenvalue weighted by Crippen LogP contribution is 2.35. The van der Waals surface area contributed by atoms with E-state index >= 15 is 0 Å². The molecule has 0 spiro atoms. The zero-order chi connectivity index (χ0) is 24.7. The van der Waals surface area contributed by atoms with E-state index in [9.17, 15) is 19.5 Å². The second-order valence-corrected chi connectivity index (χ2v) is 8.71. The summed E-state index contributed by atoms with van der Waals surface area (Å²) in [6.45, 7) is 1.57. The van der Waals surface area contributed by atoms with Gasteiger partial charge in [0.05, 0.1) is 37.1 Å². The number of methoxy groups -OCH3 is 1. The van der Waals surface area contributed by atoms with Crippen molar-refractivity contribution in [2.45, 2.75) is 44.8 Å². The lowest BCUT2D eigenvalue weighted by Crippen LogP contribution is -2.46. The molecule has 1 aliphatic carbocycles. The van der Waals surface area contributed by atoms with Gasteiger partial charge in [0.15, 0.2) is 11.7 Å². The van der Waals surface area contributed by atoms with E-state index in [4.69, 9.17) is 9.26 Å². The number of nitrogens with zero attached hydrogens (tertiary/aromatic N) is 4. The number of hydrogen-bond donors (Lipinski definition) is 0. The van der Waals surface area contributed by atoms with Crippen LogP contribution in [0.1, 0.15) is 42.2 Å². The van der Waals surface area contributed by atoms with E-state index in [2.05, 4.69) is 5.27 Å². The highest BCUT2D eigenvalue weighted by Gasteiger charge is 2.48. The molecule has 1 aliphatic heterocycles. The largest absolute Gasteiger partial charge is 0.539 e. The molecule has 180 valence electrons. The molecule has 0 bridgehead atoms. The van der Waals surface area contributed by atoms with Gasteiger partial charge >= 0.3 is 0 Å². The molecule has 2 heterocycles. The summed E-state index contributed by atoms with van der Waals surface area (Å²) in [6, 6.07) is 12.8. The molecule has 1 aromatic heterocycles. The number of rotatable bonds is 8. The minimum Gasteiger partial charge on any atom is -0.539 e. The maximum Gasteiger partial charge on any atom is 0.254 e. The Kier molecular flexibility index (Phi) is 5.81. The maximum absolute atomic E-state index is 13.4. The summed E-state index contributed by atoms with van der Waals surface area (Å²) in [5.41, 5.74) is 1.81. The summed E-state index contributed by atoms with van der Waals surface area (Å²) in [6.07, 6.45) is 1.74. The first kappa shape index (κ1) is 22.7. The van der Waals surface area contributed by atoms with E-state index in [0.717, 1.165) is 17.7 Å². The van der Waals surface area contributed by atoms with Gasteiger partial charge in [-0.1, -0.05) is 0 Å². The molecule has 0 N–H and O–H groups in total. The normalized spacial score (nSPS) is 17.9. The Bertz CT molecular complexity index is 1280. The summed E-state index contributed by atoms with van der Waals surface area (Å²) < 4.78 is 11.5. The number of amides is 2. The first-order valence-corrected chi connectivity index (χ1v) is 11.3. The van der Waals surface area contributed by atoms with Crippen molar-refractivity contribution in [2.75, 3.05) is 12.0 Å². The SMILES string of the molecule is COc1ccc(-[n+]2noc([O-])c2CN(C2CC2)C2CC(=O)N(c3ccc(C(C)=O)cc3)C2=O)cc1. The fourth-order valence-corrected chi connectivity index (χ4v) is 4.39. The summed E-state index contributed by atoms with van der Waals surface area (Å²) in [5, 5.41) is 16.4. The van der Waals surface area contributed by atoms with Crippen molar-refractivity contribution in [2.24, 2.45) is 0 Å². The molecule has 5 rings (SSSR count). The zero-order valence-corrected chi connectivity index (χ0v) is 19.3. The molecular weight excluding hydrogens is 452 g/mol. The Balaban J connectivity index is 1.41. The molecule has 10 nitrogen and oxygen atoms in total. The number of aromatic nitrogens is 2. The second kappa shape index (κ2) is 8.95. The predicted octanol–water partition coefficient (Wildman–Crippen LogP) is 1.53. The van der Waals surface area contributed by atoms with Crippen molar-refractivity contribution in [3.05, 3.63) is 59.8 Å². The first-order chi connectivity index (χ1) is 16.9. The molecule has 2 aliphatic rings. The fraction of sp³-hybridized carbons (Fsp3) is 0.320. The van der Waals surface area contributed by atoms with Crippen molar-refractivity contribution in [3.8, 4) is 17.4 Å². The highest BCUT2D eigenvalue weighted by atomic mass is 16.6. The van der Waals surface area contributed by atoms with Crippen molar-refractivity contribution in [3.63, 3.8) is 0 Å². The lowest BCUT2D eigenvalue weighted by molar-refractivity contribution is -0.678. The van der Waals surface area contributed by atoms with Crippen LogP contribution >= 0.6 is 0 Å². The number of hydrogen-bond acceptors (Lipinski definition) is 8. The summed E-state index contributed by atoms with van der Waals surface area (Å²) >= 11 is 0. The number of anilines is 1. The third-order valence-electron chi connectivity index (χ3n) is 6.42. The van der Waals surface area contributed by atoms with E-state index in [1.807, 2.05) is 4.90 Å². The molecule has 10 heteroatoms. The Morgan fingerprint density at radius 2 is 1.86 bits per heavy atom. The molecule has 2 fully saturated rings. The van der Waals surface area contributed by atoms with Crippen LogP contribution in [0.5, 0.6) is 11.7 Å². The average molecular weight is 476 g/mol. The molecule has 1 atom stereocenters. The fourth-order valence-electron chi connectivity index (χ4n) is 4.39. The van der Waals surface area contributed by atoms with E-state index in [1.165, 1.54) is 11.6 Å². The molecule has 1 unspecified atom stereocenters. The minimum atomic E-state index is -0.707. The standard InChI is InChI=1S/C25H24N4O6/c1-15(30)16-3-5-18(6-4-16)28-23(31)13-21(24(28)32)27(17-7-8-17)14-22-25(33)35-26-29(22)19-9-11-20(34-2)12-10-19/h3-6,9-12,17,21H,7-8,13-14H2,1-2H3. The number of carbonyl (C=O) groups is 3. The minimum absolute atomic E-state index is 0.00575. The second-order valence-electron chi connectivity index (χ2n) is 8.71. The third kappa shape index (κ3) is 4.28. The third-order valence-corrected chi connectivity index (χ3v) is 6.42. The monoisotopic (exact) mass is 476 g/mol. The van der Waals surface area contributed by atoms with Gasteiger partial charge in [0, 0.05) is 23.7 Å². The highest BCUT2D eigenvalue weighted by molar-refractivity contribution is 6.22. The average Bonchev–Trinajstić information content (AvgIpc) is 3.58. The molecular formula is C25H24N4O6. The Morgan fingerprint density at radius 1 is 1.17 bits per heavy atom. The van der Waals surface area contributed by atoms with Crippen LogP contribution < -0.4 is 19.4 Å². The van der Waals surface area contributed by atoms with Crippen LogP contribution in [0, 0.1) is 0 Å². The van der Waals surface area contributed by atoms with Gasteiger partial charge in [-0.2, -0.15) is 0 Å². The predicted molar refractivity (Wildman–Crippen MR) is 120 cm³/mol. The van der Waals surface area contributed by atoms with Gasteiger partial charge < -0.3 is 14.4 Å². The first-order valence-electron chi connectivity index (χ1n) is 11.3. The molecule has 1 saturated heterocycles. The van der Waals surface area contributed by atoms with Gasteiger partial charge in [-0.3, -0.25) is 19.3 Å². The van der Waals surface area contributed by atoms with Crippen LogP contribution in [0.25, 0.3) is 5.69 Å². The Hall–Kier alpha value is -4.05. The van der Waals surface area contributed by atoms with Crippen molar-refractivity contribution >= 4 is 23.3 Å². The van der Waals surface area contributed by atoms with Crippen molar-refractivity contribution in [1.29, 1.82) is 0 Å². The van der Waals surface area contributed by atoms with Gasteiger partial charge in [-0.05, 0) is 60.8 Å². The van der Waals surface area contributed by atoms with E-state index in [1.54, 1.807) is 55.6 Å². The van der Waals surface area contributed by atoms with Crippen molar-refractivity contribution < 1.29 is 33.4 Å². The smallest absolute Gasteiger partial charge is 0.254 e. The molecule has 0 radical (unpaired) electrons. The van der Waals surface area contributed by atoms with E-state index in [-0.39, 0.29) is 42.3 Å². The van der Waals surface area contributed by atoms with Crippen LogP contribution in [-0.4, -0.2) is 47.0 Å². The lowest BCUT2D eigenvalue weighted by atomic mass is 10.1. The number of imide groups is 1. The Labute approximate surface area is 201 Å². The van der Waals surface area contributed by atoms with Gasteiger partial charge in [0.1, 0.15) is 5.75 Å².